The largest absolute Gasteiger partial charge is 0.369 e. The van der Waals surface area contributed by atoms with Crippen LogP contribution in [0.1, 0.15) is 30.1 Å². The van der Waals surface area contributed by atoms with E-state index in [-0.39, 0.29) is 15.8 Å². The fourth-order valence-electron chi connectivity index (χ4n) is 5.36. The fraction of sp³-hybridized carbons (Fsp3) is 0.429. The first kappa shape index (κ1) is 27.6. The molecule has 1 N–H and O–H groups in total. The number of fused-ring (bicyclic) bond motifs is 1. The van der Waals surface area contributed by atoms with Gasteiger partial charge in [-0.25, -0.2) is 8.42 Å². The van der Waals surface area contributed by atoms with Crippen LogP contribution >= 0.6 is 11.6 Å². The van der Waals surface area contributed by atoms with Crippen molar-refractivity contribution in [2.75, 3.05) is 57.3 Å². The number of amides is 1. The van der Waals surface area contributed by atoms with E-state index in [0.717, 1.165) is 49.7 Å². The number of sulfonamides is 1. The molecule has 0 radical (unpaired) electrons. The summed E-state index contributed by atoms with van der Waals surface area (Å²) in [5.41, 5.74) is 1.28. The molecule has 0 unspecified atom stereocenters. The number of carbonyl (C=O) groups excluding carboxylic acids is 1. The van der Waals surface area contributed by atoms with Crippen LogP contribution in [0.25, 0.3) is 10.9 Å². The van der Waals surface area contributed by atoms with Crippen LogP contribution in [0, 0.1) is 0 Å². The van der Waals surface area contributed by atoms with Gasteiger partial charge in [0.1, 0.15) is 5.56 Å². The van der Waals surface area contributed by atoms with Crippen LogP contribution in [-0.4, -0.2) is 80.5 Å². The zero-order chi connectivity index (χ0) is 27.6. The molecule has 1 amide bonds. The number of carbonyl (C=O) groups is 1. The zero-order valence-corrected chi connectivity index (χ0v) is 23.7. The Morgan fingerprint density at radius 1 is 1.00 bits per heavy atom. The maximum Gasteiger partial charge on any atom is 0.256 e. The third kappa shape index (κ3) is 5.84. The van der Waals surface area contributed by atoms with Crippen molar-refractivity contribution in [2.45, 2.75) is 31.2 Å². The molecule has 3 heterocycles. The zero-order valence-electron chi connectivity index (χ0n) is 22.1. The lowest BCUT2D eigenvalue weighted by Crippen LogP contribution is -2.48. The second-order valence-corrected chi connectivity index (χ2v) is 12.4. The van der Waals surface area contributed by atoms with Gasteiger partial charge in [0.2, 0.25) is 15.5 Å². The average Bonchev–Trinajstić information content (AvgIpc) is 3.50. The van der Waals surface area contributed by atoms with E-state index in [4.69, 9.17) is 11.6 Å². The lowest BCUT2D eigenvalue weighted by atomic mass is 10.1. The predicted octanol–water partition coefficient (Wildman–Crippen LogP) is 3.01. The topological polar surface area (TPSA) is 95.0 Å². The maximum absolute atomic E-state index is 13.4. The minimum Gasteiger partial charge on any atom is -0.369 e. The molecule has 0 aliphatic carbocycles. The van der Waals surface area contributed by atoms with E-state index < -0.39 is 21.4 Å². The molecule has 2 fully saturated rings. The standard InChI is InChI=1S/C28H34ClN5O4S/c1-2-32-20-25(27(35)24-19-23(8-9-26(24)32)39(37,38)34-11-3-4-12-34)28(36)30-10-13-31-14-16-33(17-15-31)22-7-5-6-21(29)18-22/h5-9,18-20H,2-4,10-17H2,1H3,(H,30,36). The molecule has 0 atom stereocenters. The molecule has 3 aromatic rings. The summed E-state index contributed by atoms with van der Waals surface area (Å²) >= 11 is 6.13. The highest BCUT2D eigenvalue weighted by molar-refractivity contribution is 7.89. The molecule has 0 spiro atoms. The Bertz CT molecular complexity index is 1530. The van der Waals surface area contributed by atoms with Crippen molar-refractivity contribution in [1.82, 2.24) is 19.1 Å². The highest BCUT2D eigenvalue weighted by atomic mass is 35.5. The number of hydrogen-bond acceptors (Lipinski definition) is 6. The van der Waals surface area contributed by atoms with Gasteiger partial charge in [-0.2, -0.15) is 4.31 Å². The first-order chi connectivity index (χ1) is 18.8. The molecular weight excluding hydrogens is 538 g/mol. The summed E-state index contributed by atoms with van der Waals surface area (Å²) in [6.45, 7) is 7.94. The van der Waals surface area contributed by atoms with Gasteiger partial charge in [0.25, 0.3) is 5.91 Å². The molecular formula is C28H34ClN5O4S. The molecule has 2 aliphatic rings. The number of nitrogens with zero attached hydrogens (tertiary/aromatic N) is 4. The minimum absolute atomic E-state index is 0.0193. The van der Waals surface area contributed by atoms with Crippen molar-refractivity contribution in [3.05, 3.63) is 69.5 Å². The Labute approximate surface area is 234 Å². The number of nitrogens with one attached hydrogen (secondary N) is 1. The molecule has 5 rings (SSSR count). The van der Waals surface area contributed by atoms with Crippen LogP contribution in [0.3, 0.4) is 0 Å². The number of piperazine rings is 1. The maximum atomic E-state index is 13.4. The molecule has 2 saturated heterocycles. The van der Waals surface area contributed by atoms with Crippen LogP contribution in [0.5, 0.6) is 0 Å². The molecule has 11 heteroatoms. The van der Waals surface area contributed by atoms with Gasteiger partial charge in [0, 0.05) is 81.2 Å². The number of aryl methyl sites for hydroxylation is 1. The van der Waals surface area contributed by atoms with E-state index in [9.17, 15) is 18.0 Å². The summed E-state index contributed by atoms with van der Waals surface area (Å²) < 4.78 is 29.5. The quantitative estimate of drug-likeness (QED) is 0.447. The van der Waals surface area contributed by atoms with Gasteiger partial charge in [-0.3, -0.25) is 14.5 Å². The Morgan fingerprint density at radius 3 is 2.44 bits per heavy atom. The molecule has 9 nitrogen and oxygen atoms in total. The second kappa shape index (κ2) is 11.7. The summed E-state index contributed by atoms with van der Waals surface area (Å²) in [5, 5.41) is 3.85. The second-order valence-electron chi connectivity index (χ2n) is 10.0. The molecule has 2 aliphatic heterocycles. The molecule has 208 valence electrons. The first-order valence-corrected chi connectivity index (χ1v) is 15.3. The van der Waals surface area contributed by atoms with Gasteiger partial charge < -0.3 is 14.8 Å². The van der Waals surface area contributed by atoms with Crippen molar-refractivity contribution < 1.29 is 13.2 Å². The van der Waals surface area contributed by atoms with Gasteiger partial charge in [-0.05, 0) is 56.2 Å². The SMILES string of the molecule is CCn1cc(C(=O)NCCN2CCN(c3cccc(Cl)c3)CC2)c(=O)c2cc(S(=O)(=O)N3CCCC3)ccc21. The highest BCUT2D eigenvalue weighted by Crippen LogP contribution is 2.24. The van der Waals surface area contributed by atoms with Crippen LogP contribution in [0.4, 0.5) is 5.69 Å². The summed E-state index contributed by atoms with van der Waals surface area (Å²) in [4.78, 5) is 31.1. The van der Waals surface area contributed by atoms with Crippen LogP contribution < -0.4 is 15.6 Å². The van der Waals surface area contributed by atoms with Crippen molar-refractivity contribution in [2.24, 2.45) is 0 Å². The van der Waals surface area contributed by atoms with Crippen LogP contribution in [0.2, 0.25) is 5.02 Å². The van der Waals surface area contributed by atoms with Crippen molar-refractivity contribution >= 4 is 44.1 Å². The fourth-order valence-corrected chi connectivity index (χ4v) is 7.09. The predicted molar refractivity (Wildman–Crippen MR) is 154 cm³/mol. The Morgan fingerprint density at radius 2 is 1.74 bits per heavy atom. The van der Waals surface area contributed by atoms with Gasteiger partial charge >= 0.3 is 0 Å². The summed E-state index contributed by atoms with van der Waals surface area (Å²) in [6, 6.07) is 12.5. The molecule has 0 bridgehead atoms. The average molecular weight is 572 g/mol. The smallest absolute Gasteiger partial charge is 0.256 e. The van der Waals surface area contributed by atoms with Crippen molar-refractivity contribution in [1.29, 1.82) is 0 Å². The van der Waals surface area contributed by atoms with Gasteiger partial charge in [-0.15, -0.1) is 0 Å². The Kier molecular flexibility index (Phi) is 8.27. The number of aromatic nitrogens is 1. The van der Waals surface area contributed by atoms with E-state index in [1.165, 1.54) is 10.4 Å². The molecule has 1 aromatic heterocycles. The van der Waals surface area contributed by atoms with Crippen molar-refractivity contribution in [3.8, 4) is 0 Å². The number of halogens is 1. The monoisotopic (exact) mass is 571 g/mol. The lowest BCUT2D eigenvalue weighted by molar-refractivity contribution is 0.0946. The van der Waals surface area contributed by atoms with E-state index in [2.05, 4.69) is 21.2 Å². The Hall–Kier alpha value is -2.92. The number of rotatable bonds is 8. The van der Waals surface area contributed by atoms with Crippen LogP contribution in [0.15, 0.2) is 58.4 Å². The molecule has 2 aromatic carbocycles. The number of hydrogen-bond donors (Lipinski definition) is 1. The van der Waals surface area contributed by atoms with Gasteiger partial charge in [-0.1, -0.05) is 17.7 Å². The Balaban J connectivity index is 1.26. The van der Waals surface area contributed by atoms with Gasteiger partial charge in [0.05, 0.1) is 10.4 Å². The number of benzene rings is 2. The summed E-state index contributed by atoms with van der Waals surface area (Å²) in [5.74, 6) is -0.450. The number of pyridine rings is 1. The number of anilines is 1. The normalized spacial score (nSPS) is 17.1. The lowest BCUT2D eigenvalue weighted by Gasteiger charge is -2.36. The third-order valence-electron chi connectivity index (χ3n) is 7.60. The summed E-state index contributed by atoms with van der Waals surface area (Å²) in [7, 11) is -3.68. The van der Waals surface area contributed by atoms with E-state index in [1.807, 2.05) is 29.7 Å². The van der Waals surface area contributed by atoms with Gasteiger partial charge in [0.15, 0.2) is 0 Å². The van der Waals surface area contributed by atoms with E-state index >= 15 is 0 Å². The van der Waals surface area contributed by atoms with Crippen molar-refractivity contribution in [3.63, 3.8) is 0 Å². The molecule has 39 heavy (non-hydrogen) atoms. The highest BCUT2D eigenvalue weighted by Gasteiger charge is 2.28. The van der Waals surface area contributed by atoms with E-state index in [0.29, 0.717) is 38.2 Å². The summed E-state index contributed by atoms with van der Waals surface area (Å²) in [6.07, 6.45) is 3.23. The van der Waals surface area contributed by atoms with E-state index in [1.54, 1.807) is 18.3 Å². The molecule has 0 saturated carbocycles. The minimum atomic E-state index is -3.68. The first-order valence-electron chi connectivity index (χ1n) is 13.5. The third-order valence-corrected chi connectivity index (χ3v) is 9.73. The van der Waals surface area contributed by atoms with Crippen LogP contribution in [-0.2, 0) is 16.6 Å².